The summed E-state index contributed by atoms with van der Waals surface area (Å²) in [5.41, 5.74) is 2.40. The molecule has 1 amide bonds. The van der Waals surface area contributed by atoms with Crippen LogP contribution < -0.4 is 5.32 Å². The fourth-order valence-electron chi connectivity index (χ4n) is 2.27. The number of anilines is 1. The van der Waals surface area contributed by atoms with Crippen molar-refractivity contribution in [3.63, 3.8) is 0 Å². The molecule has 0 aliphatic rings. The van der Waals surface area contributed by atoms with Crippen molar-refractivity contribution in [2.24, 2.45) is 0 Å². The van der Waals surface area contributed by atoms with E-state index in [1.54, 1.807) is 4.52 Å². The van der Waals surface area contributed by atoms with Gasteiger partial charge in [-0.1, -0.05) is 51.2 Å². The molecule has 0 unspecified atom stereocenters. The van der Waals surface area contributed by atoms with Gasteiger partial charge in [-0.15, -0.1) is 20.4 Å². The van der Waals surface area contributed by atoms with E-state index >= 15 is 0 Å². The van der Waals surface area contributed by atoms with Crippen LogP contribution in [-0.4, -0.2) is 41.7 Å². The first kappa shape index (κ1) is 18.0. The molecule has 11 heteroatoms. The van der Waals surface area contributed by atoms with Crippen LogP contribution in [0.4, 0.5) is 5.13 Å². The first-order chi connectivity index (χ1) is 13.1. The SMILES string of the molecule is Cc1nnc(NC(=O)CSc2nnc3ccc(-c4ccc(Br)cc4)nn23)s1. The van der Waals surface area contributed by atoms with Crippen LogP contribution in [0.25, 0.3) is 16.9 Å². The Labute approximate surface area is 170 Å². The van der Waals surface area contributed by atoms with Crippen molar-refractivity contribution < 1.29 is 4.79 Å². The van der Waals surface area contributed by atoms with Gasteiger partial charge in [0.1, 0.15) is 5.01 Å². The summed E-state index contributed by atoms with van der Waals surface area (Å²) >= 11 is 6.02. The predicted octanol–water partition coefficient (Wildman–Crippen LogP) is 3.44. The number of hydrogen-bond donors (Lipinski definition) is 1. The Bertz CT molecular complexity index is 1110. The van der Waals surface area contributed by atoms with Gasteiger partial charge in [-0.2, -0.15) is 9.61 Å². The first-order valence-electron chi connectivity index (χ1n) is 7.80. The van der Waals surface area contributed by atoms with Gasteiger partial charge in [0, 0.05) is 10.0 Å². The minimum atomic E-state index is -0.183. The Kier molecular flexibility index (Phi) is 5.14. The predicted molar refractivity (Wildman–Crippen MR) is 108 cm³/mol. The molecule has 4 aromatic rings. The lowest BCUT2D eigenvalue weighted by Crippen LogP contribution is -2.14. The van der Waals surface area contributed by atoms with E-state index in [1.165, 1.54) is 23.1 Å². The second kappa shape index (κ2) is 7.71. The second-order valence-corrected chi connectivity index (χ2v) is 8.48. The number of aromatic nitrogens is 6. The van der Waals surface area contributed by atoms with E-state index in [0.717, 1.165) is 20.7 Å². The van der Waals surface area contributed by atoms with E-state index in [1.807, 2.05) is 43.3 Å². The van der Waals surface area contributed by atoms with E-state index < -0.39 is 0 Å². The molecule has 3 aromatic heterocycles. The Morgan fingerprint density at radius 1 is 1.15 bits per heavy atom. The lowest BCUT2D eigenvalue weighted by molar-refractivity contribution is -0.113. The number of halogens is 1. The van der Waals surface area contributed by atoms with Crippen molar-refractivity contribution in [2.45, 2.75) is 12.1 Å². The Morgan fingerprint density at radius 3 is 2.70 bits per heavy atom. The number of nitrogens with zero attached hydrogens (tertiary/aromatic N) is 6. The van der Waals surface area contributed by atoms with Crippen molar-refractivity contribution in [3.05, 3.63) is 45.9 Å². The van der Waals surface area contributed by atoms with E-state index in [-0.39, 0.29) is 11.7 Å². The van der Waals surface area contributed by atoms with E-state index in [0.29, 0.717) is 15.9 Å². The molecule has 1 N–H and O–H groups in total. The van der Waals surface area contributed by atoms with Gasteiger partial charge in [0.15, 0.2) is 5.65 Å². The third-order valence-corrected chi connectivity index (χ3v) is 5.68. The minimum Gasteiger partial charge on any atom is -0.300 e. The zero-order valence-corrected chi connectivity index (χ0v) is 17.2. The first-order valence-corrected chi connectivity index (χ1v) is 10.4. The minimum absolute atomic E-state index is 0.170. The molecule has 0 saturated carbocycles. The lowest BCUT2D eigenvalue weighted by atomic mass is 10.1. The summed E-state index contributed by atoms with van der Waals surface area (Å²) in [6.45, 7) is 1.83. The van der Waals surface area contributed by atoms with Gasteiger partial charge in [-0.3, -0.25) is 10.1 Å². The topological polar surface area (TPSA) is 98.0 Å². The maximum atomic E-state index is 12.1. The number of amides is 1. The van der Waals surface area contributed by atoms with Crippen molar-refractivity contribution in [1.29, 1.82) is 0 Å². The van der Waals surface area contributed by atoms with E-state index in [4.69, 9.17) is 0 Å². The molecule has 0 radical (unpaired) electrons. The number of rotatable bonds is 5. The molecule has 4 rings (SSSR count). The highest BCUT2D eigenvalue weighted by molar-refractivity contribution is 9.10. The van der Waals surface area contributed by atoms with E-state index in [9.17, 15) is 4.79 Å². The molecule has 0 fully saturated rings. The summed E-state index contributed by atoms with van der Waals surface area (Å²) in [6.07, 6.45) is 0. The maximum absolute atomic E-state index is 12.1. The normalized spacial score (nSPS) is 11.0. The van der Waals surface area contributed by atoms with Crippen LogP contribution in [0.2, 0.25) is 0 Å². The molecule has 0 spiro atoms. The number of carbonyl (C=O) groups excluding carboxylic acids is 1. The second-order valence-electron chi connectivity index (χ2n) is 5.44. The summed E-state index contributed by atoms with van der Waals surface area (Å²) < 4.78 is 2.65. The van der Waals surface area contributed by atoms with Gasteiger partial charge in [0.05, 0.1) is 11.4 Å². The summed E-state index contributed by atoms with van der Waals surface area (Å²) in [5.74, 6) is -0.0131. The molecular formula is C16H12BrN7OS2. The molecule has 0 bridgehead atoms. The van der Waals surface area contributed by atoms with Crippen LogP contribution in [0.3, 0.4) is 0 Å². The number of fused-ring (bicyclic) bond motifs is 1. The number of thioether (sulfide) groups is 1. The number of nitrogens with one attached hydrogen (secondary N) is 1. The van der Waals surface area contributed by atoms with Crippen LogP contribution in [0, 0.1) is 6.92 Å². The summed E-state index contributed by atoms with van der Waals surface area (Å²) in [5, 5.41) is 25.1. The highest BCUT2D eigenvalue weighted by Crippen LogP contribution is 2.22. The Balaban J connectivity index is 1.50. The Hall–Kier alpha value is -2.37. The van der Waals surface area contributed by atoms with Crippen molar-refractivity contribution >= 4 is 55.7 Å². The zero-order valence-electron chi connectivity index (χ0n) is 14.0. The third-order valence-electron chi connectivity index (χ3n) is 3.48. The molecule has 136 valence electrons. The van der Waals surface area contributed by atoms with Crippen LogP contribution >= 0.6 is 39.0 Å². The standard InChI is InChI=1S/C16H12BrN7OS2/c1-9-19-21-15(27-9)18-14(25)8-26-16-22-20-13-7-6-12(23-24(13)16)10-2-4-11(17)5-3-10/h2-7H,8H2,1H3,(H,18,21,25). The molecule has 0 aliphatic carbocycles. The Morgan fingerprint density at radius 2 is 1.96 bits per heavy atom. The quantitative estimate of drug-likeness (QED) is 0.454. The summed E-state index contributed by atoms with van der Waals surface area (Å²) in [7, 11) is 0. The largest absolute Gasteiger partial charge is 0.300 e. The number of carbonyl (C=O) groups is 1. The van der Waals surface area contributed by atoms with Crippen LogP contribution in [0.15, 0.2) is 46.0 Å². The highest BCUT2D eigenvalue weighted by Gasteiger charge is 2.13. The van der Waals surface area contributed by atoms with Crippen molar-refractivity contribution in [1.82, 2.24) is 30.0 Å². The molecular weight excluding hydrogens is 450 g/mol. The number of benzene rings is 1. The average Bonchev–Trinajstić information content (AvgIpc) is 3.26. The zero-order chi connectivity index (χ0) is 18.8. The lowest BCUT2D eigenvalue weighted by Gasteiger charge is -2.03. The smallest absolute Gasteiger partial charge is 0.236 e. The maximum Gasteiger partial charge on any atom is 0.236 e. The number of aryl methyl sites for hydroxylation is 1. The molecule has 8 nitrogen and oxygen atoms in total. The van der Waals surface area contributed by atoms with Crippen LogP contribution in [-0.2, 0) is 4.79 Å². The molecule has 27 heavy (non-hydrogen) atoms. The van der Waals surface area contributed by atoms with Crippen molar-refractivity contribution in [2.75, 3.05) is 11.1 Å². The van der Waals surface area contributed by atoms with Gasteiger partial charge in [-0.25, -0.2) is 0 Å². The van der Waals surface area contributed by atoms with Gasteiger partial charge in [0.25, 0.3) is 0 Å². The fourth-order valence-corrected chi connectivity index (χ4v) is 3.83. The van der Waals surface area contributed by atoms with E-state index in [2.05, 4.69) is 46.7 Å². The highest BCUT2D eigenvalue weighted by atomic mass is 79.9. The summed E-state index contributed by atoms with van der Waals surface area (Å²) in [4.78, 5) is 12.1. The van der Waals surface area contributed by atoms with Crippen LogP contribution in [0.5, 0.6) is 0 Å². The molecule has 0 saturated heterocycles. The van der Waals surface area contributed by atoms with Gasteiger partial charge in [0.2, 0.25) is 16.2 Å². The monoisotopic (exact) mass is 461 g/mol. The van der Waals surface area contributed by atoms with Gasteiger partial charge >= 0.3 is 0 Å². The van der Waals surface area contributed by atoms with Crippen molar-refractivity contribution in [3.8, 4) is 11.3 Å². The van der Waals surface area contributed by atoms with Gasteiger partial charge in [-0.05, 0) is 31.2 Å². The third kappa shape index (κ3) is 4.15. The van der Waals surface area contributed by atoms with Crippen LogP contribution in [0.1, 0.15) is 5.01 Å². The average molecular weight is 462 g/mol. The van der Waals surface area contributed by atoms with Gasteiger partial charge < -0.3 is 0 Å². The molecule has 3 heterocycles. The molecule has 0 atom stereocenters. The summed E-state index contributed by atoms with van der Waals surface area (Å²) in [6, 6.07) is 11.6. The number of hydrogen-bond acceptors (Lipinski definition) is 8. The molecule has 0 aliphatic heterocycles. The molecule has 1 aromatic carbocycles. The fraction of sp³-hybridized carbons (Fsp3) is 0.125.